The van der Waals surface area contributed by atoms with Crippen molar-refractivity contribution in [3.8, 4) is 0 Å². The molecule has 0 aromatic heterocycles. The second-order valence-corrected chi connectivity index (χ2v) is 6.91. The minimum absolute atomic E-state index is 0.0737. The quantitative estimate of drug-likeness (QED) is 0.847. The molecule has 0 aromatic rings. The van der Waals surface area contributed by atoms with Gasteiger partial charge in [0.25, 0.3) is 0 Å². The van der Waals surface area contributed by atoms with E-state index in [4.69, 9.17) is 0 Å². The molecule has 1 saturated carbocycles. The topological polar surface area (TPSA) is 26.7 Å². The molecule has 1 N–H and O–H groups in total. The number of rotatable bonds is 3. The van der Waals surface area contributed by atoms with Crippen LogP contribution in [0.25, 0.3) is 0 Å². The van der Waals surface area contributed by atoms with E-state index in [9.17, 15) is 5.11 Å². The maximum absolute atomic E-state index is 10.5. The van der Waals surface area contributed by atoms with Gasteiger partial charge in [-0.15, -0.1) is 0 Å². The van der Waals surface area contributed by atoms with Crippen LogP contribution in [0.5, 0.6) is 0 Å². The van der Waals surface area contributed by atoms with Crippen molar-refractivity contribution in [2.45, 2.75) is 63.5 Å². The van der Waals surface area contributed by atoms with Crippen molar-refractivity contribution >= 4 is 0 Å². The second kappa shape index (κ2) is 6.55. The van der Waals surface area contributed by atoms with E-state index < -0.39 is 0 Å². The van der Waals surface area contributed by atoms with Crippen LogP contribution in [0.3, 0.4) is 0 Å². The first-order chi connectivity index (χ1) is 9.33. The van der Waals surface area contributed by atoms with E-state index in [1.54, 1.807) is 0 Å². The van der Waals surface area contributed by atoms with Crippen LogP contribution in [0.1, 0.15) is 51.4 Å². The van der Waals surface area contributed by atoms with E-state index in [0.29, 0.717) is 5.92 Å². The summed E-state index contributed by atoms with van der Waals surface area (Å²) in [6.45, 7) is 5.82. The van der Waals surface area contributed by atoms with Crippen molar-refractivity contribution in [1.29, 1.82) is 0 Å². The third-order valence-corrected chi connectivity index (χ3v) is 5.56. The zero-order valence-electron chi connectivity index (χ0n) is 12.3. The van der Waals surface area contributed by atoms with Crippen molar-refractivity contribution in [2.24, 2.45) is 5.92 Å². The van der Waals surface area contributed by atoms with Gasteiger partial charge in [-0.3, -0.25) is 9.80 Å². The number of piperidine rings is 1. The summed E-state index contributed by atoms with van der Waals surface area (Å²) in [6, 6.07) is 0.779. The fourth-order valence-electron chi connectivity index (χ4n) is 4.32. The third kappa shape index (κ3) is 3.50. The predicted octanol–water partition coefficient (Wildman–Crippen LogP) is 2.10. The lowest BCUT2D eigenvalue weighted by molar-refractivity contribution is 0.00195. The molecule has 0 bridgehead atoms. The van der Waals surface area contributed by atoms with Crippen molar-refractivity contribution in [3.05, 3.63) is 0 Å². The summed E-state index contributed by atoms with van der Waals surface area (Å²) in [7, 11) is 0. The Morgan fingerprint density at radius 3 is 2.53 bits per heavy atom. The first kappa shape index (κ1) is 13.8. The second-order valence-electron chi connectivity index (χ2n) is 6.91. The van der Waals surface area contributed by atoms with Gasteiger partial charge in [-0.2, -0.15) is 0 Å². The lowest BCUT2D eigenvalue weighted by atomic mass is 9.85. The van der Waals surface area contributed by atoms with Gasteiger partial charge in [-0.1, -0.05) is 25.7 Å². The highest BCUT2D eigenvalue weighted by atomic mass is 16.3. The molecule has 3 rings (SSSR count). The average Bonchev–Trinajstić information content (AvgIpc) is 2.48. The molecular formula is C16H30N2O. The molecule has 3 heteroatoms. The Morgan fingerprint density at radius 2 is 1.68 bits per heavy atom. The van der Waals surface area contributed by atoms with Crippen molar-refractivity contribution < 1.29 is 5.11 Å². The van der Waals surface area contributed by atoms with Gasteiger partial charge in [0.2, 0.25) is 0 Å². The van der Waals surface area contributed by atoms with Crippen LogP contribution in [0, 0.1) is 5.92 Å². The van der Waals surface area contributed by atoms with E-state index in [0.717, 1.165) is 12.6 Å². The van der Waals surface area contributed by atoms with Gasteiger partial charge in [0, 0.05) is 32.2 Å². The van der Waals surface area contributed by atoms with Crippen LogP contribution in [0.2, 0.25) is 0 Å². The van der Waals surface area contributed by atoms with Crippen LogP contribution in [-0.4, -0.2) is 59.8 Å². The van der Waals surface area contributed by atoms with E-state index in [1.165, 1.54) is 77.5 Å². The molecule has 3 nitrogen and oxygen atoms in total. The zero-order valence-corrected chi connectivity index (χ0v) is 12.3. The third-order valence-electron chi connectivity index (χ3n) is 5.56. The number of β-amino-alcohol motifs (C(OH)–C–C–N with tert-alkyl or cyclic N) is 1. The van der Waals surface area contributed by atoms with Crippen LogP contribution >= 0.6 is 0 Å². The van der Waals surface area contributed by atoms with E-state index in [2.05, 4.69) is 9.80 Å². The molecular weight excluding hydrogens is 236 g/mol. The van der Waals surface area contributed by atoms with Crippen LogP contribution in [-0.2, 0) is 0 Å². The standard InChI is InChI=1S/C16H30N2O/c19-16(14-6-2-1-3-7-14)13-17-10-11-18-9-5-4-8-15(18)12-17/h14-16,19H,1-13H2. The smallest absolute Gasteiger partial charge is 0.0695 e. The summed E-state index contributed by atoms with van der Waals surface area (Å²) < 4.78 is 0. The van der Waals surface area contributed by atoms with Gasteiger partial charge in [-0.25, -0.2) is 0 Å². The Balaban J connectivity index is 1.47. The Morgan fingerprint density at radius 1 is 0.895 bits per heavy atom. The molecule has 2 saturated heterocycles. The monoisotopic (exact) mass is 266 g/mol. The number of aliphatic hydroxyl groups is 1. The molecule has 110 valence electrons. The van der Waals surface area contributed by atoms with E-state index in [-0.39, 0.29) is 6.10 Å². The minimum Gasteiger partial charge on any atom is -0.392 e. The van der Waals surface area contributed by atoms with Crippen LogP contribution < -0.4 is 0 Å². The number of hydrogen-bond donors (Lipinski definition) is 1. The molecule has 2 unspecified atom stereocenters. The normalized spacial score (nSPS) is 33.0. The van der Waals surface area contributed by atoms with E-state index in [1.807, 2.05) is 0 Å². The number of aliphatic hydroxyl groups excluding tert-OH is 1. The zero-order chi connectivity index (χ0) is 13.1. The Bertz CT molecular complexity index is 278. The first-order valence-corrected chi connectivity index (χ1v) is 8.47. The van der Waals surface area contributed by atoms with Crippen molar-refractivity contribution in [1.82, 2.24) is 9.80 Å². The highest BCUT2D eigenvalue weighted by Gasteiger charge is 2.31. The highest BCUT2D eigenvalue weighted by Crippen LogP contribution is 2.28. The molecule has 3 fully saturated rings. The molecule has 2 atom stereocenters. The van der Waals surface area contributed by atoms with Gasteiger partial charge in [0.05, 0.1) is 6.10 Å². The fraction of sp³-hybridized carbons (Fsp3) is 1.00. The maximum Gasteiger partial charge on any atom is 0.0695 e. The average molecular weight is 266 g/mol. The Hall–Kier alpha value is -0.120. The molecule has 3 aliphatic rings. The van der Waals surface area contributed by atoms with Gasteiger partial charge in [0.1, 0.15) is 0 Å². The number of fused-ring (bicyclic) bond motifs is 1. The fourth-order valence-corrected chi connectivity index (χ4v) is 4.32. The Kier molecular flexibility index (Phi) is 4.78. The Labute approximate surface area is 118 Å². The minimum atomic E-state index is -0.0737. The lowest BCUT2D eigenvalue weighted by Gasteiger charge is -2.45. The molecule has 0 amide bonds. The van der Waals surface area contributed by atoms with Gasteiger partial charge in [-0.05, 0) is 38.1 Å². The SMILES string of the molecule is OC(CN1CCN2CCCCC2C1)C1CCCCC1. The van der Waals surface area contributed by atoms with Gasteiger partial charge in [0.15, 0.2) is 0 Å². The van der Waals surface area contributed by atoms with Gasteiger partial charge < -0.3 is 5.11 Å². The molecule has 1 aliphatic carbocycles. The van der Waals surface area contributed by atoms with Crippen LogP contribution in [0.15, 0.2) is 0 Å². The summed E-state index contributed by atoms with van der Waals surface area (Å²) in [5.74, 6) is 0.582. The molecule has 0 radical (unpaired) electrons. The highest BCUT2D eigenvalue weighted by molar-refractivity contribution is 4.86. The molecule has 19 heavy (non-hydrogen) atoms. The predicted molar refractivity (Wildman–Crippen MR) is 78.2 cm³/mol. The summed E-state index contributed by atoms with van der Waals surface area (Å²) in [6.07, 6.45) is 10.6. The van der Waals surface area contributed by atoms with Crippen molar-refractivity contribution in [3.63, 3.8) is 0 Å². The summed E-state index contributed by atoms with van der Waals surface area (Å²) in [5, 5.41) is 10.5. The number of hydrogen-bond acceptors (Lipinski definition) is 3. The first-order valence-electron chi connectivity index (χ1n) is 8.47. The van der Waals surface area contributed by atoms with E-state index >= 15 is 0 Å². The summed E-state index contributed by atoms with van der Waals surface area (Å²) in [5.41, 5.74) is 0. The molecule has 0 spiro atoms. The molecule has 2 heterocycles. The summed E-state index contributed by atoms with van der Waals surface area (Å²) in [4.78, 5) is 5.21. The summed E-state index contributed by atoms with van der Waals surface area (Å²) >= 11 is 0. The molecule has 2 aliphatic heterocycles. The van der Waals surface area contributed by atoms with Crippen molar-refractivity contribution in [2.75, 3.05) is 32.7 Å². The molecule has 0 aromatic carbocycles. The maximum atomic E-state index is 10.5. The van der Waals surface area contributed by atoms with Gasteiger partial charge >= 0.3 is 0 Å². The van der Waals surface area contributed by atoms with Crippen LogP contribution in [0.4, 0.5) is 0 Å². The number of piperazine rings is 1. The lowest BCUT2D eigenvalue weighted by Crippen LogP contribution is -2.56. The largest absolute Gasteiger partial charge is 0.392 e. The number of nitrogens with zero attached hydrogens (tertiary/aromatic N) is 2.